The second-order valence-corrected chi connectivity index (χ2v) is 8.54. The third-order valence-electron chi connectivity index (χ3n) is 4.82. The molecular formula is C19H37IN4O3. The lowest BCUT2D eigenvalue weighted by Crippen LogP contribution is -2.53. The maximum Gasteiger partial charge on any atom is 0.410 e. The Kier molecular flexibility index (Phi) is 9.61. The van der Waals surface area contributed by atoms with Crippen molar-refractivity contribution in [3.63, 3.8) is 0 Å². The Bertz CT molecular complexity index is 502. The quantitative estimate of drug-likeness (QED) is 0.317. The Morgan fingerprint density at radius 1 is 1.30 bits per heavy atom. The van der Waals surface area contributed by atoms with Crippen LogP contribution >= 0.6 is 24.0 Å². The summed E-state index contributed by atoms with van der Waals surface area (Å²) in [4.78, 5) is 18.7. The molecule has 1 heterocycles. The number of carbonyl (C=O) groups excluding carboxylic acids is 1. The Balaban J connectivity index is 0.00000364. The first kappa shape index (κ1) is 24.3. The second-order valence-electron chi connectivity index (χ2n) is 8.54. The molecule has 0 radical (unpaired) electrons. The van der Waals surface area contributed by atoms with Crippen molar-refractivity contribution in [2.24, 2.45) is 4.99 Å². The summed E-state index contributed by atoms with van der Waals surface area (Å²) in [5, 5.41) is 17.2. The number of nitrogens with one attached hydrogen (secondary N) is 2. The molecule has 0 spiro atoms. The lowest BCUT2D eigenvalue weighted by Gasteiger charge is -2.35. The van der Waals surface area contributed by atoms with E-state index in [2.05, 4.69) is 15.6 Å². The average molecular weight is 496 g/mol. The number of hydrogen-bond donors (Lipinski definition) is 3. The van der Waals surface area contributed by atoms with Gasteiger partial charge in [0.15, 0.2) is 5.96 Å². The van der Waals surface area contributed by atoms with Crippen molar-refractivity contribution in [1.82, 2.24) is 15.5 Å². The fraction of sp³-hybridized carbons (Fsp3) is 0.895. The Morgan fingerprint density at radius 3 is 2.56 bits per heavy atom. The van der Waals surface area contributed by atoms with Crippen LogP contribution in [0.15, 0.2) is 4.99 Å². The highest BCUT2D eigenvalue weighted by Gasteiger charge is 2.31. The van der Waals surface area contributed by atoms with Crippen molar-refractivity contribution in [2.75, 3.05) is 26.2 Å². The van der Waals surface area contributed by atoms with Crippen molar-refractivity contribution in [1.29, 1.82) is 0 Å². The van der Waals surface area contributed by atoms with Crippen LogP contribution in [0.4, 0.5) is 4.79 Å². The molecule has 1 aliphatic carbocycles. The molecule has 1 unspecified atom stereocenters. The molecular weight excluding hydrogens is 459 g/mol. The van der Waals surface area contributed by atoms with E-state index in [1.165, 1.54) is 0 Å². The number of likely N-dealkylation sites (tertiary alicyclic amines) is 1. The number of aliphatic hydroxyl groups is 1. The maximum atomic E-state index is 12.3. The Labute approximate surface area is 180 Å². The van der Waals surface area contributed by atoms with Gasteiger partial charge in [-0.25, -0.2) is 4.79 Å². The minimum absolute atomic E-state index is 0. The van der Waals surface area contributed by atoms with Crippen molar-refractivity contribution >= 4 is 36.0 Å². The van der Waals surface area contributed by atoms with Gasteiger partial charge in [-0.3, -0.25) is 4.99 Å². The Hall–Kier alpha value is -0.770. The zero-order chi connectivity index (χ0) is 19.2. The first-order valence-electron chi connectivity index (χ1n) is 9.96. The molecule has 1 saturated heterocycles. The highest BCUT2D eigenvalue weighted by Crippen LogP contribution is 2.29. The Morgan fingerprint density at radius 2 is 1.96 bits per heavy atom. The van der Waals surface area contributed by atoms with Crippen molar-refractivity contribution in [2.45, 2.75) is 83.5 Å². The number of piperidine rings is 1. The van der Waals surface area contributed by atoms with Crippen molar-refractivity contribution in [3.8, 4) is 0 Å². The fourth-order valence-corrected chi connectivity index (χ4v) is 3.52. The number of ether oxygens (including phenoxy) is 1. The van der Waals surface area contributed by atoms with Gasteiger partial charge in [0.1, 0.15) is 5.60 Å². The summed E-state index contributed by atoms with van der Waals surface area (Å²) in [6, 6.07) is 0.132. The van der Waals surface area contributed by atoms with E-state index in [9.17, 15) is 9.90 Å². The predicted molar refractivity (Wildman–Crippen MR) is 119 cm³/mol. The first-order valence-corrected chi connectivity index (χ1v) is 9.96. The zero-order valence-electron chi connectivity index (χ0n) is 17.2. The average Bonchev–Trinajstić information content (AvgIpc) is 2.99. The third kappa shape index (κ3) is 8.41. The SMILES string of the molecule is CCNC(=NCC1(O)CCCC1)NC1CCCN(C(=O)OC(C)(C)C)C1.I. The number of aliphatic imine (C=N–C) groups is 1. The number of rotatable bonds is 4. The summed E-state index contributed by atoms with van der Waals surface area (Å²) in [5.74, 6) is 0.712. The summed E-state index contributed by atoms with van der Waals surface area (Å²) in [6.45, 7) is 10.2. The van der Waals surface area contributed by atoms with Crippen molar-refractivity contribution in [3.05, 3.63) is 0 Å². The number of halogens is 1. The summed E-state index contributed by atoms with van der Waals surface area (Å²) < 4.78 is 5.49. The number of hydrogen-bond acceptors (Lipinski definition) is 4. The van der Waals surface area contributed by atoms with Gasteiger partial charge in [-0.05, 0) is 53.4 Å². The van der Waals surface area contributed by atoms with Crippen LogP contribution in [0.25, 0.3) is 0 Å². The second kappa shape index (κ2) is 10.7. The minimum atomic E-state index is -0.655. The highest BCUT2D eigenvalue weighted by atomic mass is 127. The predicted octanol–water partition coefficient (Wildman–Crippen LogP) is 2.86. The molecule has 3 N–H and O–H groups in total. The molecule has 1 atom stereocenters. The molecule has 1 amide bonds. The number of nitrogens with zero attached hydrogens (tertiary/aromatic N) is 2. The van der Waals surface area contributed by atoms with Crippen LogP contribution in [-0.2, 0) is 4.74 Å². The fourth-order valence-electron chi connectivity index (χ4n) is 3.52. The molecule has 1 saturated carbocycles. The van der Waals surface area contributed by atoms with Gasteiger partial charge in [-0.2, -0.15) is 0 Å². The van der Waals surface area contributed by atoms with Crippen LogP contribution in [0, 0.1) is 0 Å². The van der Waals surface area contributed by atoms with Crippen LogP contribution in [0.1, 0.15) is 66.2 Å². The molecule has 27 heavy (non-hydrogen) atoms. The lowest BCUT2D eigenvalue weighted by molar-refractivity contribution is 0.0193. The van der Waals surface area contributed by atoms with Gasteiger partial charge in [0.25, 0.3) is 0 Å². The smallest absolute Gasteiger partial charge is 0.410 e. The van der Waals surface area contributed by atoms with Crippen LogP contribution < -0.4 is 10.6 Å². The number of guanidine groups is 1. The van der Waals surface area contributed by atoms with E-state index in [4.69, 9.17) is 4.74 Å². The maximum absolute atomic E-state index is 12.3. The number of amides is 1. The standard InChI is InChI=1S/C19H36N4O3.HI/c1-5-20-16(21-14-19(25)10-6-7-11-19)22-15-9-8-12-23(13-15)17(24)26-18(2,3)4;/h15,25H,5-14H2,1-4H3,(H2,20,21,22);1H. The molecule has 0 aromatic carbocycles. The van der Waals surface area contributed by atoms with E-state index in [0.717, 1.165) is 51.6 Å². The van der Waals surface area contributed by atoms with Gasteiger partial charge in [0.05, 0.1) is 12.1 Å². The van der Waals surface area contributed by atoms with Gasteiger partial charge >= 0.3 is 6.09 Å². The highest BCUT2D eigenvalue weighted by molar-refractivity contribution is 14.0. The molecule has 2 aliphatic rings. The van der Waals surface area contributed by atoms with Gasteiger partial charge in [-0.15, -0.1) is 24.0 Å². The number of carbonyl (C=O) groups is 1. The van der Waals surface area contributed by atoms with Crippen molar-refractivity contribution < 1.29 is 14.6 Å². The molecule has 158 valence electrons. The van der Waals surface area contributed by atoms with E-state index >= 15 is 0 Å². The largest absolute Gasteiger partial charge is 0.444 e. The minimum Gasteiger partial charge on any atom is -0.444 e. The van der Waals surface area contributed by atoms with Gasteiger partial charge in [0, 0.05) is 25.7 Å². The van der Waals surface area contributed by atoms with Crippen LogP contribution in [0.2, 0.25) is 0 Å². The first-order chi connectivity index (χ1) is 12.2. The van der Waals surface area contributed by atoms with Crippen LogP contribution in [0.3, 0.4) is 0 Å². The zero-order valence-corrected chi connectivity index (χ0v) is 19.5. The molecule has 2 rings (SSSR count). The molecule has 8 heteroatoms. The van der Waals surface area contributed by atoms with E-state index in [-0.39, 0.29) is 36.1 Å². The van der Waals surface area contributed by atoms with E-state index in [1.54, 1.807) is 4.90 Å². The monoisotopic (exact) mass is 496 g/mol. The topological polar surface area (TPSA) is 86.2 Å². The van der Waals surface area contributed by atoms with Crippen LogP contribution in [-0.4, -0.2) is 65.5 Å². The summed E-state index contributed by atoms with van der Waals surface area (Å²) in [7, 11) is 0. The van der Waals surface area contributed by atoms with Crippen LogP contribution in [0.5, 0.6) is 0 Å². The third-order valence-corrected chi connectivity index (χ3v) is 4.82. The molecule has 7 nitrogen and oxygen atoms in total. The summed E-state index contributed by atoms with van der Waals surface area (Å²) in [6.07, 6.45) is 5.45. The molecule has 0 bridgehead atoms. The summed E-state index contributed by atoms with van der Waals surface area (Å²) in [5.41, 5.74) is -1.14. The van der Waals surface area contributed by atoms with Gasteiger partial charge < -0.3 is 25.4 Å². The van der Waals surface area contributed by atoms with E-state index in [0.29, 0.717) is 19.0 Å². The van der Waals surface area contributed by atoms with Gasteiger partial charge in [0.2, 0.25) is 0 Å². The molecule has 0 aromatic heterocycles. The normalized spacial score (nSPS) is 22.8. The lowest BCUT2D eigenvalue weighted by atomic mass is 10.0. The summed E-state index contributed by atoms with van der Waals surface area (Å²) >= 11 is 0. The van der Waals surface area contributed by atoms with Gasteiger partial charge in [-0.1, -0.05) is 12.8 Å². The van der Waals surface area contributed by atoms with E-state index in [1.807, 2.05) is 27.7 Å². The molecule has 1 aliphatic heterocycles. The van der Waals surface area contributed by atoms with E-state index < -0.39 is 11.2 Å². The molecule has 2 fully saturated rings. The molecule has 0 aromatic rings.